The smallest absolute Gasteiger partial charge is 0.181 e. The van der Waals surface area contributed by atoms with Gasteiger partial charge in [-0.15, -0.1) is 0 Å². The van der Waals surface area contributed by atoms with Gasteiger partial charge < -0.3 is 20.9 Å². The summed E-state index contributed by atoms with van der Waals surface area (Å²) in [4.78, 5) is 0. The van der Waals surface area contributed by atoms with Gasteiger partial charge in [0.2, 0.25) is 0 Å². The van der Waals surface area contributed by atoms with Gasteiger partial charge in [0.25, 0.3) is 0 Å². The second kappa shape index (κ2) is 6.93. The van der Waals surface area contributed by atoms with Crippen LogP contribution in [-0.2, 0) is 4.74 Å². The highest BCUT2D eigenvalue weighted by Gasteiger charge is 2.67. The third-order valence-electron chi connectivity index (χ3n) is 12.1. The number of nitrogens with one attached hydrogen (secondary N) is 1. The van der Waals surface area contributed by atoms with Crippen LogP contribution in [0.5, 0.6) is 0 Å². The first-order valence-electron chi connectivity index (χ1n) is 13.5. The first-order valence-corrected chi connectivity index (χ1v) is 13.5. The highest BCUT2D eigenvalue weighted by atomic mass is 16.6. The summed E-state index contributed by atoms with van der Waals surface area (Å²) in [5, 5.41) is 15.3. The molecule has 2 aliphatic heterocycles. The first-order chi connectivity index (χ1) is 14.7. The van der Waals surface area contributed by atoms with Gasteiger partial charge in [-0.2, -0.15) is 0 Å². The third-order valence-corrected chi connectivity index (χ3v) is 12.1. The molecule has 4 heteroatoms. The molecule has 4 aliphatic carbocycles. The number of nitrogens with two attached hydrogens (primary N) is 1. The van der Waals surface area contributed by atoms with Crippen molar-refractivity contribution < 1.29 is 9.84 Å². The molecule has 2 heterocycles. The van der Waals surface area contributed by atoms with E-state index < -0.39 is 5.79 Å². The number of rotatable bonds is 0. The van der Waals surface area contributed by atoms with Crippen LogP contribution < -0.4 is 11.1 Å². The number of ether oxygens (including phenoxy) is 1. The van der Waals surface area contributed by atoms with E-state index in [4.69, 9.17) is 10.5 Å². The monoisotopic (exact) mass is 430 g/mol. The molecule has 0 aromatic heterocycles. The normalized spacial score (nSPS) is 63.3. The average molecular weight is 431 g/mol. The Bertz CT molecular complexity index is 730. The molecular formula is C27H46N2O2. The Hall–Kier alpha value is -0.160. The summed E-state index contributed by atoms with van der Waals surface area (Å²) >= 11 is 0. The van der Waals surface area contributed by atoms with Crippen molar-refractivity contribution in [2.75, 3.05) is 6.54 Å². The molecule has 6 aliphatic rings. The summed E-state index contributed by atoms with van der Waals surface area (Å²) in [6.07, 6.45) is 11.5. The second-order valence-corrected chi connectivity index (χ2v) is 13.6. The summed E-state index contributed by atoms with van der Waals surface area (Å²) in [6, 6.07) is 0.525. The third kappa shape index (κ3) is 2.87. The molecule has 0 amide bonds. The van der Waals surface area contributed by atoms with Gasteiger partial charge >= 0.3 is 0 Å². The topological polar surface area (TPSA) is 67.5 Å². The Kier molecular flexibility index (Phi) is 4.78. The number of fused-ring (bicyclic) bond motifs is 8. The van der Waals surface area contributed by atoms with Crippen molar-refractivity contribution >= 4 is 0 Å². The van der Waals surface area contributed by atoms with E-state index in [1.54, 1.807) is 0 Å². The van der Waals surface area contributed by atoms with Crippen LogP contribution in [-0.4, -0.2) is 35.6 Å². The van der Waals surface area contributed by atoms with Crippen LogP contribution in [0.1, 0.15) is 85.5 Å². The summed E-state index contributed by atoms with van der Waals surface area (Å²) in [5.41, 5.74) is 7.27. The van der Waals surface area contributed by atoms with Gasteiger partial charge in [-0.3, -0.25) is 0 Å². The van der Waals surface area contributed by atoms with Gasteiger partial charge in [0.1, 0.15) is 0 Å². The van der Waals surface area contributed by atoms with Gasteiger partial charge in [-0.1, -0.05) is 27.7 Å². The maximum atomic E-state index is 11.6. The largest absolute Gasteiger partial charge is 0.364 e. The van der Waals surface area contributed by atoms with Gasteiger partial charge in [0.05, 0.1) is 12.1 Å². The molecule has 0 radical (unpaired) electrons. The van der Waals surface area contributed by atoms with Crippen molar-refractivity contribution in [3.05, 3.63) is 0 Å². The molecule has 0 aromatic carbocycles. The van der Waals surface area contributed by atoms with Crippen LogP contribution in [0, 0.1) is 52.3 Å². The van der Waals surface area contributed by atoms with Gasteiger partial charge in [0, 0.05) is 12.5 Å². The zero-order valence-electron chi connectivity index (χ0n) is 20.3. The number of hydrogen-bond acceptors (Lipinski definition) is 4. The predicted octanol–water partition coefficient (Wildman–Crippen LogP) is 4.30. The number of aliphatic hydroxyl groups is 1. The van der Waals surface area contributed by atoms with E-state index in [1.807, 2.05) is 0 Å². The lowest BCUT2D eigenvalue weighted by Gasteiger charge is -2.62. The maximum Gasteiger partial charge on any atom is 0.181 e. The Morgan fingerprint density at radius 1 is 0.968 bits per heavy atom. The molecule has 13 atom stereocenters. The summed E-state index contributed by atoms with van der Waals surface area (Å²) in [5.74, 6) is 3.88. The van der Waals surface area contributed by atoms with Crippen molar-refractivity contribution in [3.63, 3.8) is 0 Å². The van der Waals surface area contributed by atoms with E-state index in [0.717, 1.165) is 36.6 Å². The van der Waals surface area contributed by atoms with Crippen LogP contribution in [0.4, 0.5) is 0 Å². The molecule has 0 spiro atoms. The molecule has 0 unspecified atom stereocenters. The minimum Gasteiger partial charge on any atom is -0.364 e. The Labute approximate surface area is 189 Å². The fourth-order valence-electron chi connectivity index (χ4n) is 10.8. The van der Waals surface area contributed by atoms with E-state index >= 15 is 0 Å². The van der Waals surface area contributed by atoms with E-state index in [1.165, 1.54) is 51.4 Å². The van der Waals surface area contributed by atoms with Crippen molar-refractivity contribution in [1.29, 1.82) is 0 Å². The van der Waals surface area contributed by atoms with Crippen molar-refractivity contribution in [1.82, 2.24) is 5.32 Å². The highest BCUT2D eigenvalue weighted by molar-refractivity contribution is 5.15. The second-order valence-electron chi connectivity index (χ2n) is 13.6. The van der Waals surface area contributed by atoms with Gasteiger partial charge in [0.15, 0.2) is 5.79 Å². The molecular weight excluding hydrogens is 384 g/mol. The zero-order valence-corrected chi connectivity index (χ0v) is 20.3. The molecule has 0 bridgehead atoms. The molecule has 4 nitrogen and oxygen atoms in total. The average Bonchev–Trinajstić information content (AvgIpc) is 2.99. The Morgan fingerprint density at radius 3 is 2.55 bits per heavy atom. The zero-order chi connectivity index (χ0) is 21.8. The van der Waals surface area contributed by atoms with Crippen LogP contribution in [0.25, 0.3) is 0 Å². The fourth-order valence-corrected chi connectivity index (χ4v) is 10.8. The maximum absolute atomic E-state index is 11.6. The molecule has 6 fully saturated rings. The standard InChI is InChI=1S/C27H46N2O2/c1-15-13-27(30)24(29-14-15)16(2)23-22(31-27)12-21-19-6-5-17-11-18(28)7-9-25(17,3)20(19)8-10-26(21,23)4/h15-24,29-30H,5-14,28H2,1-4H3/t15-,16+,17+,18+,19-,20+,21-,22-,23+,24-,25+,26+,27+/m1/s1. The molecule has 4 saturated carbocycles. The summed E-state index contributed by atoms with van der Waals surface area (Å²) in [7, 11) is 0. The van der Waals surface area contributed by atoms with E-state index in [-0.39, 0.29) is 12.1 Å². The van der Waals surface area contributed by atoms with E-state index in [2.05, 4.69) is 33.0 Å². The van der Waals surface area contributed by atoms with Gasteiger partial charge in [-0.05, 0) is 110 Å². The van der Waals surface area contributed by atoms with Crippen LogP contribution in [0.3, 0.4) is 0 Å². The minimum atomic E-state index is -0.968. The lowest BCUT2D eigenvalue weighted by atomic mass is 9.44. The Morgan fingerprint density at radius 2 is 1.74 bits per heavy atom. The molecule has 2 saturated heterocycles. The minimum absolute atomic E-state index is 0.0892. The molecule has 0 aromatic rings. The fraction of sp³-hybridized carbons (Fsp3) is 1.00. The quantitative estimate of drug-likeness (QED) is 0.536. The van der Waals surface area contributed by atoms with Crippen molar-refractivity contribution in [3.8, 4) is 0 Å². The Balaban J connectivity index is 1.30. The lowest BCUT2D eigenvalue weighted by Crippen LogP contribution is -2.68. The molecule has 176 valence electrons. The first kappa shape index (κ1) is 21.4. The SMILES string of the molecule is C[C@H]1CN[C@@H]2[C@@H](C)[C@H]3[C@@H](C[C@@H]4[C@@H]5CC[C@H]6C[C@@H](N)CC[C@]6(C)[C@H]5CC[C@]34C)O[C@@]2(O)C1. The molecule has 4 N–H and O–H groups in total. The van der Waals surface area contributed by atoms with Crippen molar-refractivity contribution in [2.45, 2.75) is 109 Å². The van der Waals surface area contributed by atoms with E-state index in [0.29, 0.717) is 34.6 Å². The van der Waals surface area contributed by atoms with E-state index in [9.17, 15) is 5.11 Å². The molecule has 31 heavy (non-hydrogen) atoms. The lowest BCUT2D eigenvalue weighted by molar-refractivity contribution is -0.310. The van der Waals surface area contributed by atoms with Crippen LogP contribution >= 0.6 is 0 Å². The van der Waals surface area contributed by atoms with Crippen molar-refractivity contribution in [2.24, 2.45) is 58.0 Å². The predicted molar refractivity (Wildman–Crippen MR) is 123 cm³/mol. The van der Waals surface area contributed by atoms with Gasteiger partial charge in [-0.25, -0.2) is 0 Å². The van der Waals surface area contributed by atoms with Crippen LogP contribution in [0.15, 0.2) is 0 Å². The summed E-state index contributed by atoms with van der Waals surface area (Å²) < 4.78 is 6.70. The summed E-state index contributed by atoms with van der Waals surface area (Å²) in [6.45, 7) is 10.9. The number of hydrogen-bond donors (Lipinski definition) is 3. The highest BCUT2D eigenvalue weighted by Crippen LogP contribution is 2.69. The molecule has 6 rings (SSSR count). The van der Waals surface area contributed by atoms with Crippen LogP contribution in [0.2, 0.25) is 0 Å². The number of piperidine rings is 1.